The number of carbonyl (C=O) groups is 1. The number of aromatic nitrogens is 2. The number of carboxylic acid groups (broad SMARTS) is 1. The SMILES string of the molecule is Cc1ncc(C(=O)O)n1Cc1ccc(Cl)cc1[N+](=O)[O-]. The molecule has 2 rings (SSSR count). The fourth-order valence-electron chi connectivity index (χ4n) is 1.85. The number of nitrogens with zero attached hydrogens (tertiary/aromatic N) is 3. The Kier molecular flexibility index (Phi) is 3.71. The highest BCUT2D eigenvalue weighted by Crippen LogP contribution is 2.24. The summed E-state index contributed by atoms with van der Waals surface area (Å²) in [5, 5.41) is 20.3. The van der Waals surface area contributed by atoms with Crippen LogP contribution >= 0.6 is 11.6 Å². The molecule has 2 aromatic rings. The minimum absolute atomic E-state index is 0.0215. The summed E-state index contributed by atoms with van der Waals surface area (Å²) in [6.45, 7) is 1.68. The molecule has 1 aromatic carbocycles. The van der Waals surface area contributed by atoms with Crippen LogP contribution in [-0.2, 0) is 6.54 Å². The number of hydrogen-bond acceptors (Lipinski definition) is 4. The van der Waals surface area contributed by atoms with Gasteiger partial charge in [0.05, 0.1) is 17.7 Å². The molecular weight excluding hydrogens is 286 g/mol. The molecule has 104 valence electrons. The van der Waals surface area contributed by atoms with Crippen molar-refractivity contribution in [1.82, 2.24) is 9.55 Å². The second-order valence-electron chi connectivity index (χ2n) is 4.11. The fourth-order valence-corrected chi connectivity index (χ4v) is 2.02. The van der Waals surface area contributed by atoms with Crippen LogP contribution in [0.5, 0.6) is 0 Å². The first-order valence-corrected chi connectivity index (χ1v) is 5.96. The van der Waals surface area contributed by atoms with Gasteiger partial charge in [-0.2, -0.15) is 0 Å². The first-order valence-electron chi connectivity index (χ1n) is 5.58. The molecule has 0 fully saturated rings. The molecule has 0 bridgehead atoms. The van der Waals surface area contributed by atoms with E-state index in [2.05, 4.69) is 4.98 Å². The van der Waals surface area contributed by atoms with Crippen LogP contribution in [0.25, 0.3) is 0 Å². The van der Waals surface area contributed by atoms with Gasteiger partial charge in [-0.1, -0.05) is 11.6 Å². The standard InChI is InChI=1S/C12H10ClN3O4/c1-7-14-5-11(12(17)18)15(7)6-8-2-3-9(13)4-10(8)16(19)20/h2-5H,6H2,1H3,(H,17,18). The molecule has 0 radical (unpaired) electrons. The predicted octanol–water partition coefficient (Wildman–Crippen LogP) is 2.50. The summed E-state index contributed by atoms with van der Waals surface area (Å²) in [4.78, 5) is 25.5. The maximum absolute atomic E-state index is 11.1. The third kappa shape index (κ3) is 2.62. The molecule has 1 N–H and O–H groups in total. The topological polar surface area (TPSA) is 98.3 Å². The predicted molar refractivity (Wildman–Crippen MR) is 71.1 cm³/mol. The van der Waals surface area contributed by atoms with Crippen molar-refractivity contribution in [2.24, 2.45) is 0 Å². The molecule has 1 heterocycles. The van der Waals surface area contributed by atoms with E-state index >= 15 is 0 Å². The third-order valence-electron chi connectivity index (χ3n) is 2.85. The number of hydrogen-bond donors (Lipinski definition) is 1. The number of aromatic carboxylic acids is 1. The third-order valence-corrected chi connectivity index (χ3v) is 3.08. The second kappa shape index (κ2) is 5.30. The number of nitro benzene ring substituents is 1. The average molecular weight is 296 g/mol. The van der Waals surface area contributed by atoms with Crippen molar-refractivity contribution in [2.45, 2.75) is 13.5 Å². The zero-order chi connectivity index (χ0) is 14.9. The average Bonchev–Trinajstić information content (AvgIpc) is 2.73. The van der Waals surface area contributed by atoms with Crippen molar-refractivity contribution in [3.63, 3.8) is 0 Å². The lowest BCUT2D eigenvalue weighted by atomic mass is 10.1. The lowest BCUT2D eigenvalue weighted by molar-refractivity contribution is -0.385. The molecule has 0 aliphatic heterocycles. The Morgan fingerprint density at radius 3 is 2.85 bits per heavy atom. The van der Waals surface area contributed by atoms with Crippen LogP contribution in [0.1, 0.15) is 21.9 Å². The maximum Gasteiger partial charge on any atom is 0.354 e. The highest BCUT2D eigenvalue weighted by molar-refractivity contribution is 6.30. The van der Waals surface area contributed by atoms with Gasteiger partial charge in [-0.05, 0) is 19.1 Å². The normalized spacial score (nSPS) is 10.5. The van der Waals surface area contributed by atoms with Crippen molar-refractivity contribution in [3.05, 3.63) is 56.6 Å². The summed E-state index contributed by atoms with van der Waals surface area (Å²) >= 11 is 5.74. The Hall–Kier alpha value is -2.41. The summed E-state index contributed by atoms with van der Waals surface area (Å²) in [7, 11) is 0. The Bertz CT molecular complexity index is 696. The quantitative estimate of drug-likeness (QED) is 0.690. The van der Waals surface area contributed by atoms with Gasteiger partial charge < -0.3 is 9.67 Å². The van der Waals surface area contributed by atoms with Crippen LogP contribution in [-0.4, -0.2) is 25.6 Å². The zero-order valence-corrected chi connectivity index (χ0v) is 11.2. The number of aryl methyl sites for hydroxylation is 1. The summed E-state index contributed by atoms with van der Waals surface area (Å²) in [6.07, 6.45) is 1.22. The lowest BCUT2D eigenvalue weighted by Gasteiger charge is -2.08. The fraction of sp³-hybridized carbons (Fsp3) is 0.167. The van der Waals surface area contributed by atoms with E-state index in [0.717, 1.165) is 0 Å². The molecular formula is C12H10ClN3O4. The van der Waals surface area contributed by atoms with E-state index in [1.54, 1.807) is 6.92 Å². The number of carboxylic acids is 1. The van der Waals surface area contributed by atoms with Gasteiger partial charge in [0.15, 0.2) is 0 Å². The Balaban J connectivity index is 2.48. The molecule has 0 aliphatic rings. The van der Waals surface area contributed by atoms with Crippen LogP contribution in [0, 0.1) is 17.0 Å². The van der Waals surface area contributed by atoms with Crippen molar-refractivity contribution >= 4 is 23.3 Å². The van der Waals surface area contributed by atoms with Crippen LogP contribution in [0.2, 0.25) is 5.02 Å². The maximum atomic E-state index is 11.1. The van der Waals surface area contributed by atoms with Crippen LogP contribution in [0.4, 0.5) is 5.69 Å². The van der Waals surface area contributed by atoms with Gasteiger partial charge in [-0.3, -0.25) is 10.1 Å². The molecule has 0 saturated heterocycles. The van der Waals surface area contributed by atoms with E-state index in [-0.39, 0.29) is 22.9 Å². The minimum atomic E-state index is -1.14. The van der Waals surface area contributed by atoms with Crippen molar-refractivity contribution in [1.29, 1.82) is 0 Å². The number of halogens is 1. The van der Waals surface area contributed by atoms with E-state index in [4.69, 9.17) is 16.7 Å². The molecule has 8 heteroatoms. The van der Waals surface area contributed by atoms with Gasteiger partial charge in [-0.25, -0.2) is 9.78 Å². The van der Waals surface area contributed by atoms with Crippen molar-refractivity contribution in [2.75, 3.05) is 0 Å². The van der Waals surface area contributed by atoms with Gasteiger partial charge >= 0.3 is 5.97 Å². The summed E-state index contributed by atoms with van der Waals surface area (Å²) in [5.74, 6) is -0.672. The first-order chi connectivity index (χ1) is 9.40. The summed E-state index contributed by atoms with van der Waals surface area (Å²) in [5.41, 5.74) is 0.191. The molecule has 20 heavy (non-hydrogen) atoms. The Labute approximate surface area is 118 Å². The van der Waals surface area contributed by atoms with Crippen molar-refractivity contribution < 1.29 is 14.8 Å². The highest BCUT2D eigenvalue weighted by atomic mass is 35.5. The molecule has 1 aromatic heterocycles. The number of imidazole rings is 1. The smallest absolute Gasteiger partial charge is 0.354 e. The lowest BCUT2D eigenvalue weighted by Crippen LogP contribution is -2.12. The molecule has 7 nitrogen and oxygen atoms in total. The molecule has 0 atom stereocenters. The van der Waals surface area contributed by atoms with Gasteiger partial charge in [-0.15, -0.1) is 0 Å². The van der Waals surface area contributed by atoms with Gasteiger partial charge in [0, 0.05) is 16.7 Å². The molecule has 0 aliphatic carbocycles. The first kappa shape index (κ1) is 14.0. The van der Waals surface area contributed by atoms with E-state index in [9.17, 15) is 14.9 Å². The highest BCUT2D eigenvalue weighted by Gasteiger charge is 2.19. The van der Waals surface area contributed by atoms with E-state index in [0.29, 0.717) is 11.4 Å². The summed E-state index contributed by atoms with van der Waals surface area (Å²) in [6, 6.07) is 4.27. The molecule has 0 unspecified atom stereocenters. The molecule has 0 amide bonds. The van der Waals surface area contributed by atoms with Crippen LogP contribution < -0.4 is 0 Å². The van der Waals surface area contributed by atoms with Gasteiger partial charge in [0.2, 0.25) is 0 Å². The minimum Gasteiger partial charge on any atom is -0.477 e. The second-order valence-corrected chi connectivity index (χ2v) is 4.55. The largest absolute Gasteiger partial charge is 0.477 e. The monoisotopic (exact) mass is 295 g/mol. The van der Waals surface area contributed by atoms with E-state index in [1.807, 2.05) is 0 Å². The number of rotatable bonds is 4. The number of nitro groups is 1. The number of benzene rings is 1. The summed E-state index contributed by atoms with van der Waals surface area (Å²) < 4.78 is 1.40. The van der Waals surface area contributed by atoms with Crippen LogP contribution in [0.15, 0.2) is 24.4 Å². The van der Waals surface area contributed by atoms with E-state index in [1.165, 1.54) is 29.0 Å². The van der Waals surface area contributed by atoms with Gasteiger partial charge in [0.1, 0.15) is 11.5 Å². The van der Waals surface area contributed by atoms with Crippen LogP contribution in [0.3, 0.4) is 0 Å². The zero-order valence-electron chi connectivity index (χ0n) is 10.4. The van der Waals surface area contributed by atoms with E-state index < -0.39 is 10.9 Å². The Morgan fingerprint density at radius 2 is 2.25 bits per heavy atom. The Morgan fingerprint density at radius 1 is 1.55 bits per heavy atom. The van der Waals surface area contributed by atoms with Gasteiger partial charge in [0.25, 0.3) is 5.69 Å². The van der Waals surface area contributed by atoms with Crippen molar-refractivity contribution in [3.8, 4) is 0 Å². The molecule has 0 saturated carbocycles. The molecule has 0 spiro atoms.